The van der Waals surface area contributed by atoms with Crippen LogP contribution in [0.4, 0.5) is 0 Å². The van der Waals surface area contributed by atoms with Crippen molar-refractivity contribution in [2.45, 2.75) is 130 Å². The van der Waals surface area contributed by atoms with Crippen molar-refractivity contribution in [1.82, 2.24) is 0 Å². The summed E-state index contributed by atoms with van der Waals surface area (Å²) in [4.78, 5) is 0. The van der Waals surface area contributed by atoms with Crippen molar-refractivity contribution in [2.75, 3.05) is 0 Å². The molecule has 0 spiro atoms. The number of unbranched alkanes of at least 4 members (excludes halogenated alkanes) is 10. The first kappa shape index (κ1) is 31.4. The molecule has 2 aliphatic rings. The Morgan fingerprint density at radius 3 is 1.32 bits per heavy atom. The molecule has 0 heterocycles. The van der Waals surface area contributed by atoms with Gasteiger partial charge in [-0.1, -0.05) is 0 Å². The summed E-state index contributed by atoms with van der Waals surface area (Å²) in [5.41, 5.74) is 6.83. The molecular formula is C28H46Cl2Zr. The SMILES string of the molecule is CCCCCCCCC1=[C]([Zr+2][C]2=C(CCCCCCCC)C(C)=CC2)CC=C1C.[Cl-].[Cl-]. The summed E-state index contributed by atoms with van der Waals surface area (Å²) in [7, 11) is 0. The molecule has 176 valence electrons. The molecule has 0 saturated carbocycles. The Morgan fingerprint density at radius 2 is 0.935 bits per heavy atom. The topological polar surface area (TPSA) is 0 Å². The molecule has 0 N–H and O–H groups in total. The van der Waals surface area contributed by atoms with E-state index in [1.165, 1.54) is 103 Å². The largest absolute Gasteiger partial charge is 1.00 e. The Kier molecular flexibility index (Phi) is 19.1. The predicted molar refractivity (Wildman–Crippen MR) is 127 cm³/mol. The van der Waals surface area contributed by atoms with Crippen molar-refractivity contribution in [3.63, 3.8) is 0 Å². The molecule has 0 aromatic rings. The van der Waals surface area contributed by atoms with E-state index >= 15 is 0 Å². The minimum Gasteiger partial charge on any atom is -1.00 e. The van der Waals surface area contributed by atoms with Gasteiger partial charge in [-0.25, -0.2) is 0 Å². The molecule has 0 nitrogen and oxygen atoms in total. The first-order valence-corrected chi connectivity index (χ1v) is 15.2. The first-order valence-electron chi connectivity index (χ1n) is 12.7. The molecule has 0 amide bonds. The number of allylic oxidation sites excluding steroid dienone is 8. The smallest absolute Gasteiger partial charge is 1.00 e. The summed E-state index contributed by atoms with van der Waals surface area (Å²) < 4.78 is 3.83. The number of hydrogen-bond acceptors (Lipinski definition) is 0. The van der Waals surface area contributed by atoms with Gasteiger partial charge in [0.25, 0.3) is 0 Å². The summed E-state index contributed by atoms with van der Waals surface area (Å²) in [6, 6.07) is 0. The van der Waals surface area contributed by atoms with Gasteiger partial charge in [-0.3, -0.25) is 0 Å². The number of halogens is 2. The van der Waals surface area contributed by atoms with Gasteiger partial charge in [0, 0.05) is 0 Å². The zero-order valence-corrected chi connectivity index (χ0v) is 24.7. The van der Waals surface area contributed by atoms with Crippen molar-refractivity contribution in [1.29, 1.82) is 0 Å². The molecule has 0 aliphatic heterocycles. The predicted octanol–water partition coefficient (Wildman–Crippen LogP) is 3.79. The number of hydrogen-bond donors (Lipinski definition) is 0. The normalized spacial score (nSPS) is 15.5. The van der Waals surface area contributed by atoms with Crippen molar-refractivity contribution >= 4 is 0 Å². The molecule has 0 aromatic carbocycles. The Balaban J connectivity index is 0.00000450. The van der Waals surface area contributed by atoms with Gasteiger partial charge in [0.2, 0.25) is 0 Å². The average Bonchev–Trinajstić information content (AvgIpc) is 3.24. The summed E-state index contributed by atoms with van der Waals surface area (Å²) >= 11 is -0.566. The summed E-state index contributed by atoms with van der Waals surface area (Å²) in [6.45, 7) is 9.38. The third-order valence-corrected chi connectivity index (χ3v) is 10.7. The Labute approximate surface area is 218 Å². The van der Waals surface area contributed by atoms with E-state index in [0.29, 0.717) is 0 Å². The second kappa shape index (κ2) is 18.8. The summed E-state index contributed by atoms with van der Waals surface area (Å²) in [5, 5.41) is 0. The summed E-state index contributed by atoms with van der Waals surface area (Å²) in [5.74, 6) is 0. The standard InChI is InChI=1S/2C14H23.2ClH.Zr/c2*1-3-4-5-6-7-8-11-14-12-9-10-13(14)2;;;/h2*10H,3-9,11H2,1-2H3;2*1H;/q;;;;+2/p-2. The second-order valence-electron chi connectivity index (χ2n) is 9.26. The van der Waals surface area contributed by atoms with Crippen molar-refractivity contribution in [3.05, 3.63) is 41.0 Å². The van der Waals surface area contributed by atoms with E-state index < -0.39 is 23.2 Å². The van der Waals surface area contributed by atoms with E-state index in [4.69, 9.17) is 0 Å². The monoisotopic (exact) mass is 542 g/mol. The van der Waals surface area contributed by atoms with Crippen LogP contribution in [-0.4, -0.2) is 0 Å². The zero-order chi connectivity index (χ0) is 20.9. The van der Waals surface area contributed by atoms with Crippen LogP contribution in [0.25, 0.3) is 0 Å². The van der Waals surface area contributed by atoms with Gasteiger partial charge in [-0.2, -0.15) is 0 Å². The van der Waals surface area contributed by atoms with E-state index in [9.17, 15) is 0 Å². The van der Waals surface area contributed by atoms with E-state index in [0.717, 1.165) is 0 Å². The van der Waals surface area contributed by atoms with Crippen molar-refractivity contribution < 1.29 is 48.0 Å². The van der Waals surface area contributed by atoms with Crippen LogP contribution in [0.2, 0.25) is 0 Å². The molecule has 3 heteroatoms. The molecule has 2 aliphatic carbocycles. The van der Waals surface area contributed by atoms with E-state index in [1.807, 2.05) is 6.56 Å². The molecule has 0 unspecified atom stereocenters. The minimum absolute atomic E-state index is 0. The quantitative estimate of drug-likeness (QED) is 0.260. The van der Waals surface area contributed by atoms with E-state index in [-0.39, 0.29) is 24.8 Å². The fourth-order valence-corrected chi connectivity index (χ4v) is 9.00. The van der Waals surface area contributed by atoms with Crippen molar-refractivity contribution in [3.8, 4) is 0 Å². The summed E-state index contributed by atoms with van der Waals surface area (Å²) in [6.07, 6.45) is 27.4. The Morgan fingerprint density at radius 1 is 0.581 bits per heavy atom. The van der Waals surface area contributed by atoms with Gasteiger partial charge in [-0.05, 0) is 0 Å². The van der Waals surface area contributed by atoms with Crippen LogP contribution in [0.1, 0.15) is 130 Å². The molecule has 0 bridgehead atoms. The van der Waals surface area contributed by atoms with Crippen LogP contribution in [0, 0.1) is 0 Å². The van der Waals surface area contributed by atoms with Gasteiger partial charge in [0.1, 0.15) is 0 Å². The molecule has 31 heavy (non-hydrogen) atoms. The number of rotatable bonds is 16. The Bertz CT molecular complexity index is 571. The zero-order valence-electron chi connectivity index (χ0n) is 20.7. The van der Waals surface area contributed by atoms with E-state index in [2.05, 4.69) is 39.8 Å². The van der Waals surface area contributed by atoms with Gasteiger partial charge >= 0.3 is 195 Å². The van der Waals surface area contributed by atoms with Crippen LogP contribution in [0.5, 0.6) is 0 Å². The molecule has 0 fully saturated rings. The maximum absolute atomic E-state index is 2.53. The second-order valence-corrected chi connectivity index (χ2v) is 12.8. The van der Waals surface area contributed by atoms with E-state index in [1.54, 1.807) is 22.3 Å². The fraction of sp³-hybridized carbons (Fsp3) is 0.714. The van der Waals surface area contributed by atoms with Crippen molar-refractivity contribution in [2.24, 2.45) is 0 Å². The van der Waals surface area contributed by atoms with Crippen LogP contribution >= 0.6 is 0 Å². The maximum Gasteiger partial charge on any atom is -1.00 e. The molecule has 0 aromatic heterocycles. The molecule has 0 saturated heterocycles. The van der Waals surface area contributed by atoms with Gasteiger partial charge in [0.05, 0.1) is 0 Å². The minimum atomic E-state index is -0.566. The average molecular weight is 545 g/mol. The van der Waals surface area contributed by atoms with Gasteiger partial charge < -0.3 is 24.8 Å². The fourth-order valence-electron chi connectivity index (χ4n) is 4.77. The molecule has 0 atom stereocenters. The first-order chi connectivity index (χ1) is 14.2. The third-order valence-electron chi connectivity index (χ3n) is 6.77. The van der Waals surface area contributed by atoms with Crippen LogP contribution in [-0.2, 0) is 23.2 Å². The third kappa shape index (κ3) is 11.4. The maximum atomic E-state index is 2.53. The van der Waals surface area contributed by atoms with Crippen LogP contribution in [0.15, 0.2) is 41.0 Å². The molecule has 2 rings (SSSR count). The molecular weight excluding hydrogens is 498 g/mol. The Hall–Kier alpha value is 0.423. The van der Waals surface area contributed by atoms with Crippen LogP contribution < -0.4 is 24.8 Å². The van der Waals surface area contributed by atoms with Gasteiger partial charge in [0.15, 0.2) is 0 Å². The molecule has 0 radical (unpaired) electrons. The van der Waals surface area contributed by atoms with Gasteiger partial charge in [-0.15, -0.1) is 0 Å². The van der Waals surface area contributed by atoms with Crippen LogP contribution in [0.3, 0.4) is 0 Å².